The van der Waals surface area contributed by atoms with Gasteiger partial charge in [0.1, 0.15) is 5.75 Å². The molecule has 3 rings (SSSR count). The zero-order chi connectivity index (χ0) is 20.3. The van der Waals surface area contributed by atoms with Gasteiger partial charge in [-0.3, -0.25) is 0 Å². The summed E-state index contributed by atoms with van der Waals surface area (Å²) >= 11 is 0. The Balaban J connectivity index is 1.63. The Labute approximate surface area is 176 Å². The van der Waals surface area contributed by atoms with Crippen molar-refractivity contribution >= 4 is 10.8 Å². The van der Waals surface area contributed by atoms with Crippen LogP contribution in [0.4, 0.5) is 0 Å². The molecule has 0 aliphatic heterocycles. The van der Waals surface area contributed by atoms with E-state index in [-0.39, 0.29) is 0 Å². The van der Waals surface area contributed by atoms with Crippen LogP contribution in [0.3, 0.4) is 0 Å². The van der Waals surface area contributed by atoms with Crippen LogP contribution >= 0.6 is 0 Å². The normalized spacial score (nSPS) is 10.6. The summed E-state index contributed by atoms with van der Waals surface area (Å²) < 4.78 is 5.77. The van der Waals surface area contributed by atoms with E-state index in [2.05, 4.69) is 62.1 Å². The first-order valence-corrected chi connectivity index (χ1v) is 11.1. The van der Waals surface area contributed by atoms with E-state index in [4.69, 9.17) is 4.74 Å². The van der Waals surface area contributed by atoms with Crippen molar-refractivity contribution in [3.8, 4) is 17.6 Å². The molecule has 0 spiro atoms. The first-order chi connectivity index (χ1) is 14.3. The van der Waals surface area contributed by atoms with E-state index < -0.39 is 0 Å². The molecule has 0 amide bonds. The van der Waals surface area contributed by atoms with Crippen LogP contribution < -0.4 is 4.74 Å². The van der Waals surface area contributed by atoms with Crippen LogP contribution in [0.5, 0.6) is 5.75 Å². The molecule has 0 atom stereocenters. The molecule has 1 heteroatoms. The molecule has 3 aromatic carbocycles. The van der Waals surface area contributed by atoms with Crippen molar-refractivity contribution in [2.75, 3.05) is 6.61 Å². The Morgan fingerprint density at radius 1 is 0.655 bits per heavy atom. The first kappa shape index (κ1) is 21.0. The average Bonchev–Trinajstić information content (AvgIpc) is 2.76. The number of rotatable bonds is 9. The second-order valence-electron chi connectivity index (χ2n) is 7.68. The van der Waals surface area contributed by atoms with Crippen molar-refractivity contribution in [2.45, 2.75) is 58.8 Å². The van der Waals surface area contributed by atoms with Crippen LogP contribution in [0.25, 0.3) is 10.8 Å². The van der Waals surface area contributed by atoms with Gasteiger partial charge < -0.3 is 4.74 Å². The third-order valence-corrected chi connectivity index (χ3v) is 5.20. The second kappa shape index (κ2) is 11.3. The molecule has 1 nitrogen and oxygen atoms in total. The second-order valence-corrected chi connectivity index (χ2v) is 7.68. The number of hydrogen-bond donors (Lipinski definition) is 0. The van der Waals surface area contributed by atoms with Gasteiger partial charge in [-0.2, -0.15) is 0 Å². The molecule has 0 heterocycles. The molecule has 0 aromatic heterocycles. The average molecular weight is 385 g/mol. The topological polar surface area (TPSA) is 9.23 Å². The molecular weight excluding hydrogens is 352 g/mol. The van der Waals surface area contributed by atoms with Crippen molar-refractivity contribution in [2.24, 2.45) is 0 Å². The van der Waals surface area contributed by atoms with Gasteiger partial charge in [0, 0.05) is 11.1 Å². The minimum atomic E-state index is 0.788. The summed E-state index contributed by atoms with van der Waals surface area (Å²) in [5.74, 6) is 7.49. The highest BCUT2D eigenvalue weighted by Gasteiger charge is 1.99. The fraction of sp³-hybridized carbons (Fsp3) is 0.357. The van der Waals surface area contributed by atoms with Crippen LogP contribution in [0, 0.1) is 11.8 Å². The van der Waals surface area contributed by atoms with Gasteiger partial charge in [0.05, 0.1) is 6.61 Å². The van der Waals surface area contributed by atoms with Crippen molar-refractivity contribution < 1.29 is 4.74 Å². The third kappa shape index (κ3) is 6.68. The van der Waals surface area contributed by atoms with Crippen molar-refractivity contribution in [3.63, 3.8) is 0 Å². The highest BCUT2D eigenvalue weighted by Crippen LogP contribution is 2.19. The SMILES string of the molecule is CCCCCOc1ccc(C#Cc2ccc3cc(CCCCC)ccc3c2)cc1. The maximum Gasteiger partial charge on any atom is 0.119 e. The number of fused-ring (bicyclic) bond motifs is 1. The molecule has 0 fully saturated rings. The van der Waals surface area contributed by atoms with Crippen LogP contribution in [-0.2, 0) is 6.42 Å². The molecular formula is C28H32O. The summed E-state index contributed by atoms with van der Waals surface area (Å²) in [4.78, 5) is 0. The zero-order valence-electron chi connectivity index (χ0n) is 17.8. The van der Waals surface area contributed by atoms with Crippen LogP contribution in [-0.4, -0.2) is 6.61 Å². The fourth-order valence-corrected chi connectivity index (χ4v) is 3.43. The van der Waals surface area contributed by atoms with E-state index in [1.807, 2.05) is 24.3 Å². The zero-order valence-corrected chi connectivity index (χ0v) is 17.8. The molecule has 0 unspecified atom stereocenters. The van der Waals surface area contributed by atoms with Crippen molar-refractivity contribution in [3.05, 3.63) is 77.4 Å². The monoisotopic (exact) mass is 384 g/mol. The lowest BCUT2D eigenvalue weighted by molar-refractivity contribution is 0.306. The molecule has 0 N–H and O–H groups in total. The van der Waals surface area contributed by atoms with E-state index >= 15 is 0 Å². The highest BCUT2D eigenvalue weighted by atomic mass is 16.5. The quantitative estimate of drug-likeness (QED) is 0.273. The summed E-state index contributed by atoms with van der Waals surface area (Å²) in [6, 6.07) is 21.4. The van der Waals surface area contributed by atoms with E-state index in [0.717, 1.165) is 29.9 Å². The van der Waals surface area contributed by atoms with Gasteiger partial charge in [-0.15, -0.1) is 0 Å². The summed E-state index contributed by atoms with van der Waals surface area (Å²) in [5, 5.41) is 2.56. The van der Waals surface area contributed by atoms with E-state index in [1.165, 1.54) is 54.9 Å². The fourth-order valence-electron chi connectivity index (χ4n) is 3.43. The summed E-state index contributed by atoms with van der Waals surface area (Å²) in [6.45, 7) is 5.24. The lowest BCUT2D eigenvalue weighted by atomic mass is 10.0. The van der Waals surface area contributed by atoms with Crippen LogP contribution in [0.2, 0.25) is 0 Å². The maximum atomic E-state index is 5.77. The van der Waals surface area contributed by atoms with E-state index in [0.29, 0.717) is 0 Å². The maximum absolute atomic E-state index is 5.77. The predicted molar refractivity (Wildman–Crippen MR) is 125 cm³/mol. The molecule has 3 aromatic rings. The van der Waals surface area contributed by atoms with Crippen LogP contribution in [0.15, 0.2) is 60.7 Å². The Kier molecular flexibility index (Phi) is 8.20. The standard InChI is InChI=1S/C28H32O/c1-3-5-7-9-24-12-16-27-22-25(13-17-26(27)21-24)11-10-23-14-18-28(19-15-23)29-20-8-6-4-2/h12-19,21-22H,3-9,20H2,1-2H3. The Hall–Kier alpha value is -2.72. The van der Waals surface area contributed by atoms with Gasteiger partial charge in [0.15, 0.2) is 0 Å². The van der Waals surface area contributed by atoms with E-state index in [9.17, 15) is 0 Å². The van der Waals surface area contributed by atoms with Gasteiger partial charge in [0.2, 0.25) is 0 Å². The molecule has 0 saturated carbocycles. The molecule has 0 bridgehead atoms. The summed E-state index contributed by atoms with van der Waals surface area (Å²) in [6.07, 6.45) is 8.56. The van der Waals surface area contributed by atoms with Crippen molar-refractivity contribution in [1.29, 1.82) is 0 Å². The summed E-state index contributed by atoms with van der Waals surface area (Å²) in [5.41, 5.74) is 3.50. The molecule has 0 saturated heterocycles. The molecule has 0 aliphatic carbocycles. The van der Waals surface area contributed by atoms with Gasteiger partial charge >= 0.3 is 0 Å². The minimum Gasteiger partial charge on any atom is -0.494 e. The lowest BCUT2D eigenvalue weighted by Gasteiger charge is -2.05. The third-order valence-electron chi connectivity index (χ3n) is 5.20. The molecule has 0 aliphatic rings. The molecule has 29 heavy (non-hydrogen) atoms. The Morgan fingerprint density at radius 2 is 1.31 bits per heavy atom. The molecule has 150 valence electrons. The Bertz CT molecular complexity index is 957. The minimum absolute atomic E-state index is 0.788. The van der Waals surface area contributed by atoms with Gasteiger partial charge in [-0.25, -0.2) is 0 Å². The lowest BCUT2D eigenvalue weighted by Crippen LogP contribution is -1.96. The number of aryl methyl sites for hydroxylation is 1. The van der Waals surface area contributed by atoms with Gasteiger partial charge in [-0.1, -0.05) is 75.6 Å². The largest absolute Gasteiger partial charge is 0.494 e. The smallest absolute Gasteiger partial charge is 0.119 e. The Morgan fingerprint density at radius 3 is 2.10 bits per heavy atom. The number of unbranched alkanes of at least 4 members (excludes halogenated alkanes) is 4. The van der Waals surface area contributed by atoms with Gasteiger partial charge in [0.25, 0.3) is 0 Å². The highest BCUT2D eigenvalue weighted by molar-refractivity contribution is 5.84. The summed E-state index contributed by atoms with van der Waals surface area (Å²) in [7, 11) is 0. The number of benzene rings is 3. The number of ether oxygens (including phenoxy) is 1. The van der Waals surface area contributed by atoms with E-state index in [1.54, 1.807) is 0 Å². The van der Waals surface area contributed by atoms with Crippen LogP contribution in [0.1, 0.15) is 69.1 Å². The number of hydrogen-bond acceptors (Lipinski definition) is 1. The predicted octanol–water partition coefficient (Wildman–Crippen LogP) is 7.54. The van der Waals surface area contributed by atoms with Crippen molar-refractivity contribution in [1.82, 2.24) is 0 Å². The van der Waals surface area contributed by atoms with Gasteiger partial charge in [-0.05, 0) is 72.0 Å². The first-order valence-electron chi connectivity index (χ1n) is 11.1. The molecule has 0 radical (unpaired) electrons.